The van der Waals surface area contributed by atoms with Gasteiger partial charge in [0.2, 0.25) is 5.76 Å². The number of benzene rings is 2. The Bertz CT molecular complexity index is 877. The van der Waals surface area contributed by atoms with Crippen LogP contribution in [0.1, 0.15) is 27.2 Å². The zero-order valence-electron chi connectivity index (χ0n) is 13.6. The van der Waals surface area contributed by atoms with Crippen LogP contribution in [0.15, 0.2) is 59.2 Å². The van der Waals surface area contributed by atoms with Crippen molar-refractivity contribution in [2.45, 2.75) is 20.5 Å². The van der Waals surface area contributed by atoms with Crippen molar-refractivity contribution >= 4 is 5.97 Å². The second-order valence-corrected chi connectivity index (χ2v) is 5.71. The Balaban J connectivity index is 1.81. The predicted molar refractivity (Wildman–Crippen MR) is 91.4 cm³/mol. The summed E-state index contributed by atoms with van der Waals surface area (Å²) >= 11 is 0. The number of aryl methyl sites for hydroxylation is 2. The monoisotopic (exact) mass is 322 g/mol. The first-order chi connectivity index (χ1) is 11.5. The lowest BCUT2D eigenvalue weighted by molar-refractivity contribution is 0.0663. The van der Waals surface area contributed by atoms with Gasteiger partial charge in [-0.05, 0) is 48.7 Å². The standard InChI is InChI=1S/C20H18O4/c1-13-6-7-16(14(2)10-13)12-24-17-5-3-4-15(11-17)18-8-9-23-19(18)20(21)22/h3-11H,12H2,1-2H3,(H,21,22). The van der Waals surface area contributed by atoms with Crippen LogP contribution in [0.4, 0.5) is 0 Å². The highest BCUT2D eigenvalue weighted by Gasteiger charge is 2.15. The molecule has 1 heterocycles. The van der Waals surface area contributed by atoms with E-state index in [1.807, 2.05) is 24.3 Å². The van der Waals surface area contributed by atoms with Gasteiger partial charge in [-0.15, -0.1) is 0 Å². The highest BCUT2D eigenvalue weighted by molar-refractivity contribution is 5.93. The van der Waals surface area contributed by atoms with Crippen LogP contribution < -0.4 is 4.74 Å². The maximum Gasteiger partial charge on any atom is 0.372 e. The van der Waals surface area contributed by atoms with Gasteiger partial charge in [0.15, 0.2) is 0 Å². The third-order valence-corrected chi connectivity index (χ3v) is 3.90. The first-order valence-electron chi connectivity index (χ1n) is 7.65. The summed E-state index contributed by atoms with van der Waals surface area (Å²) in [7, 11) is 0. The summed E-state index contributed by atoms with van der Waals surface area (Å²) in [5.41, 5.74) is 4.83. The summed E-state index contributed by atoms with van der Waals surface area (Å²) in [6, 6.07) is 15.2. The first-order valence-corrected chi connectivity index (χ1v) is 7.65. The van der Waals surface area contributed by atoms with E-state index in [1.165, 1.54) is 17.4 Å². The van der Waals surface area contributed by atoms with Gasteiger partial charge in [-0.25, -0.2) is 4.79 Å². The fourth-order valence-electron chi connectivity index (χ4n) is 2.62. The molecule has 1 aromatic heterocycles. The Kier molecular flexibility index (Phi) is 4.38. The van der Waals surface area contributed by atoms with Crippen LogP contribution in [0.25, 0.3) is 11.1 Å². The normalized spacial score (nSPS) is 10.6. The van der Waals surface area contributed by atoms with Crippen LogP contribution in [0.5, 0.6) is 5.75 Å². The lowest BCUT2D eigenvalue weighted by Gasteiger charge is -2.10. The number of furan rings is 1. The Labute approximate surface area is 140 Å². The highest BCUT2D eigenvalue weighted by Crippen LogP contribution is 2.28. The quantitative estimate of drug-likeness (QED) is 0.730. The second kappa shape index (κ2) is 6.62. The number of aromatic carboxylic acids is 1. The number of ether oxygens (including phenoxy) is 1. The lowest BCUT2D eigenvalue weighted by Crippen LogP contribution is -1.99. The van der Waals surface area contributed by atoms with Gasteiger partial charge in [0.1, 0.15) is 12.4 Å². The number of hydrogen-bond donors (Lipinski definition) is 1. The molecule has 24 heavy (non-hydrogen) atoms. The van der Waals surface area contributed by atoms with Gasteiger partial charge in [0.25, 0.3) is 0 Å². The second-order valence-electron chi connectivity index (χ2n) is 5.71. The minimum absolute atomic E-state index is 0.0680. The molecule has 0 bridgehead atoms. The molecule has 0 saturated carbocycles. The zero-order valence-corrected chi connectivity index (χ0v) is 13.6. The first kappa shape index (κ1) is 15.9. The van der Waals surface area contributed by atoms with Crippen molar-refractivity contribution in [2.24, 2.45) is 0 Å². The third-order valence-electron chi connectivity index (χ3n) is 3.90. The van der Waals surface area contributed by atoms with Gasteiger partial charge in [-0.1, -0.05) is 35.9 Å². The van der Waals surface area contributed by atoms with Gasteiger partial charge in [-0.3, -0.25) is 0 Å². The average molecular weight is 322 g/mol. The van der Waals surface area contributed by atoms with Crippen molar-refractivity contribution < 1.29 is 19.1 Å². The number of carbonyl (C=O) groups is 1. The van der Waals surface area contributed by atoms with Crippen molar-refractivity contribution in [3.8, 4) is 16.9 Å². The molecular weight excluding hydrogens is 304 g/mol. The molecule has 0 radical (unpaired) electrons. The van der Waals surface area contributed by atoms with Gasteiger partial charge in [-0.2, -0.15) is 0 Å². The maximum atomic E-state index is 11.2. The molecule has 4 nitrogen and oxygen atoms in total. The van der Waals surface area contributed by atoms with Crippen molar-refractivity contribution in [3.05, 3.63) is 77.2 Å². The van der Waals surface area contributed by atoms with E-state index in [0.717, 1.165) is 11.1 Å². The molecule has 2 aromatic carbocycles. The van der Waals surface area contributed by atoms with Crippen molar-refractivity contribution in [3.63, 3.8) is 0 Å². The Hall–Kier alpha value is -3.01. The van der Waals surface area contributed by atoms with Crippen molar-refractivity contribution in [1.29, 1.82) is 0 Å². The number of carboxylic acid groups (broad SMARTS) is 1. The molecule has 0 unspecified atom stereocenters. The molecule has 0 fully saturated rings. The van der Waals surface area contributed by atoms with E-state index in [4.69, 9.17) is 14.3 Å². The third kappa shape index (κ3) is 3.33. The Morgan fingerprint density at radius 2 is 1.96 bits per heavy atom. The molecule has 4 heteroatoms. The Morgan fingerprint density at radius 1 is 1.12 bits per heavy atom. The van der Waals surface area contributed by atoms with Gasteiger partial charge in [0, 0.05) is 5.56 Å². The smallest absolute Gasteiger partial charge is 0.372 e. The van der Waals surface area contributed by atoms with Crippen LogP contribution in [0.3, 0.4) is 0 Å². The fraction of sp³-hybridized carbons (Fsp3) is 0.150. The average Bonchev–Trinajstić information content (AvgIpc) is 3.04. The van der Waals surface area contributed by atoms with Crippen LogP contribution in [0.2, 0.25) is 0 Å². The van der Waals surface area contributed by atoms with Gasteiger partial charge >= 0.3 is 5.97 Å². The topological polar surface area (TPSA) is 59.7 Å². The molecule has 0 atom stereocenters. The van der Waals surface area contributed by atoms with Crippen molar-refractivity contribution in [2.75, 3.05) is 0 Å². The van der Waals surface area contributed by atoms with Crippen molar-refractivity contribution in [1.82, 2.24) is 0 Å². The summed E-state index contributed by atoms with van der Waals surface area (Å²) in [6.45, 7) is 4.59. The van der Waals surface area contributed by atoms with E-state index < -0.39 is 5.97 Å². The summed E-state index contributed by atoms with van der Waals surface area (Å²) in [4.78, 5) is 11.2. The summed E-state index contributed by atoms with van der Waals surface area (Å²) < 4.78 is 10.9. The molecule has 0 amide bonds. The molecule has 1 N–H and O–H groups in total. The van der Waals surface area contributed by atoms with Crippen LogP contribution >= 0.6 is 0 Å². The molecule has 0 aliphatic rings. The Morgan fingerprint density at radius 3 is 2.71 bits per heavy atom. The van der Waals surface area contributed by atoms with E-state index >= 15 is 0 Å². The molecule has 0 saturated heterocycles. The molecule has 0 aliphatic carbocycles. The van der Waals surface area contributed by atoms with E-state index in [1.54, 1.807) is 6.07 Å². The summed E-state index contributed by atoms with van der Waals surface area (Å²) in [5.74, 6) is -0.469. The van der Waals surface area contributed by atoms with Crippen LogP contribution in [-0.4, -0.2) is 11.1 Å². The maximum absolute atomic E-state index is 11.2. The summed E-state index contributed by atoms with van der Waals surface area (Å²) in [5, 5.41) is 9.17. The molecule has 0 aliphatic heterocycles. The molecule has 0 spiro atoms. The van der Waals surface area contributed by atoms with Crippen LogP contribution in [0, 0.1) is 13.8 Å². The lowest BCUT2D eigenvalue weighted by atomic mass is 10.1. The number of hydrogen-bond acceptors (Lipinski definition) is 3. The molecule has 122 valence electrons. The van der Waals surface area contributed by atoms with E-state index in [9.17, 15) is 4.79 Å². The summed E-state index contributed by atoms with van der Waals surface area (Å²) in [6.07, 6.45) is 1.38. The van der Waals surface area contributed by atoms with Gasteiger partial charge in [0.05, 0.1) is 6.26 Å². The van der Waals surface area contributed by atoms with E-state index in [-0.39, 0.29) is 5.76 Å². The largest absolute Gasteiger partial charge is 0.489 e. The zero-order chi connectivity index (χ0) is 17.1. The predicted octanol–water partition coefficient (Wildman–Crippen LogP) is 4.84. The SMILES string of the molecule is Cc1ccc(COc2cccc(-c3ccoc3C(=O)O)c2)c(C)c1. The fourth-order valence-corrected chi connectivity index (χ4v) is 2.62. The minimum Gasteiger partial charge on any atom is -0.489 e. The minimum atomic E-state index is -1.09. The number of carboxylic acids is 1. The number of rotatable bonds is 5. The molecule has 3 rings (SSSR count). The highest BCUT2D eigenvalue weighted by atomic mass is 16.5. The van der Waals surface area contributed by atoms with E-state index in [0.29, 0.717) is 17.9 Å². The molecular formula is C20H18O4. The van der Waals surface area contributed by atoms with Gasteiger partial charge < -0.3 is 14.3 Å². The van der Waals surface area contributed by atoms with E-state index in [2.05, 4.69) is 32.0 Å². The molecule has 3 aromatic rings. The van der Waals surface area contributed by atoms with Crippen LogP contribution in [-0.2, 0) is 6.61 Å².